The molecule has 2 rings (SSSR count). The number of hydrogen-bond acceptors (Lipinski definition) is 5. The first-order chi connectivity index (χ1) is 8.06. The molecule has 0 fully saturated rings. The Balaban J connectivity index is 2.37. The zero-order valence-electron chi connectivity index (χ0n) is 9.01. The van der Waals surface area contributed by atoms with Gasteiger partial charge in [0.2, 0.25) is 0 Å². The van der Waals surface area contributed by atoms with E-state index in [1.807, 2.05) is 0 Å². The van der Waals surface area contributed by atoms with E-state index in [4.69, 9.17) is 9.15 Å². The van der Waals surface area contributed by atoms with Gasteiger partial charge in [0.15, 0.2) is 0 Å². The number of fused-ring (bicyclic) bond motifs is 1. The lowest BCUT2D eigenvalue weighted by molar-refractivity contribution is -0.312. The maximum atomic E-state index is 11.0. The van der Waals surface area contributed by atoms with Crippen molar-refractivity contribution in [3.63, 3.8) is 0 Å². The molecule has 0 aliphatic heterocycles. The van der Waals surface area contributed by atoms with Crippen LogP contribution in [0.25, 0.3) is 11.0 Å². The summed E-state index contributed by atoms with van der Waals surface area (Å²) in [6, 6.07) is 7.67. The van der Waals surface area contributed by atoms with Crippen LogP contribution in [-0.2, 0) is 4.79 Å². The number of carbonyl (C=O) groups excluding carboxylic acids is 1. The van der Waals surface area contributed by atoms with Gasteiger partial charge in [0.25, 0.3) is 0 Å². The first kappa shape index (κ1) is 11.2. The van der Waals surface area contributed by atoms with E-state index in [1.54, 1.807) is 18.2 Å². The van der Waals surface area contributed by atoms with E-state index in [9.17, 15) is 14.7 Å². The van der Waals surface area contributed by atoms with Gasteiger partial charge in [0.1, 0.15) is 17.4 Å². The number of carbonyl (C=O) groups is 1. The van der Waals surface area contributed by atoms with Crippen LogP contribution in [0.3, 0.4) is 0 Å². The number of carboxylic acids is 1. The van der Waals surface area contributed by atoms with E-state index in [-0.39, 0.29) is 0 Å². The topological polar surface area (TPSA) is 79.6 Å². The van der Waals surface area contributed by atoms with Gasteiger partial charge in [0.05, 0.1) is 5.97 Å². The molecule has 0 aliphatic rings. The molecule has 5 nitrogen and oxygen atoms in total. The first-order valence-electron chi connectivity index (χ1n) is 4.98. The Morgan fingerprint density at radius 3 is 2.76 bits per heavy atom. The fraction of sp³-hybridized carbons (Fsp3) is 0.167. The lowest BCUT2D eigenvalue weighted by Crippen LogP contribution is -2.37. The third kappa shape index (κ3) is 2.44. The van der Waals surface area contributed by atoms with E-state index in [0.717, 1.165) is 5.39 Å². The average molecular weight is 233 g/mol. The minimum absolute atomic E-state index is 0.309. The van der Waals surface area contributed by atoms with Crippen molar-refractivity contribution in [3.8, 4) is 5.75 Å². The van der Waals surface area contributed by atoms with E-state index in [0.29, 0.717) is 11.3 Å². The van der Waals surface area contributed by atoms with Gasteiger partial charge in [-0.3, -0.25) is 0 Å². The van der Waals surface area contributed by atoms with Gasteiger partial charge in [-0.2, -0.15) is 0 Å². The summed E-state index contributed by atoms with van der Waals surface area (Å²) in [5, 5.41) is 11.2. The summed E-state index contributed by atoms with van der Waals surface area (Å²) in [7, 11) is 0. The highest BCUT2D eigenvalue weighted by atomic mass is 16.5. The Morgan fingerprint density at radius 2 is 2.06 bits per heavy atom. The zero-order chi connectivity index (χ0) is 12.4. The van der Waals surface area contributed by atoms with Crippen LogP contribution in [0.2, 0.25) is 0 Å². The van der Waals surface area contributed by atoms with Crippen LogP contribution in [0.5, 0.6) is 5.75 Å². The van der Waals surface area contributed by atoms with Crippen LogP contribution >= 0.6 is 0 Å². The molecule has 0 spiro atoms. The molecule has 1 atom stereocenters. The summed E-state index contributed by atoms with van der Waals surface area (Å²) < 4.78 is 10.0. The highest BCUT2D eigenvalue weighted by Crippen LogP contribution is 2.20. The number of ether oxygens (including phenoxy) is 1. The second-order valence-electron chi connectivity index (χ2n) is 3.53. The fourth-order valence-electron chi connectivity index (χ4n) is 1.37. The molecule has 0 N–H and O–H groups in total. The number of benzene rings is 1. The Morgan fingerprint density at radius 1 is 1.35 bits per heavy atom. The molecule has 0 bridgehead atoms. The fourth-order valence-corrected chi connectivity index (χ4v) is 1.37. The summed E-state index contributed by atoms with van der Waals surface area (Å²) in [6.07, 6.45) is -1.07. The van der Waals surface area contributed by atoms with Crippen molar-refractivity contribution in [2.45, 2.75) is 13.0 Å². The third-order valence-electron chi connectivity index (χ3n) is 2.24. The molecule has 5 heteroatoms. The quantitative estimate of drug-likeness (QED) is 0.713. The van der Waals surface area contributed by atoms with Crippen molar-refractivity contribution in [3.05, 3.63) is 40.8 Å². The van der Waals surface area contributed by atoms with E-state index in [2.05, 4.69) is 0 Å². The standard InChI is InChI=1S/C12H10O5/c1-7(12(14)15)16-9-4-2-8-3-5-11(13)17-10(8)6-9/h2-7H,1H3,(H,14,15)/p-1. The highest BCUT2D eigenvalue weighted by molar-refractivity contribution is 5.78. The zero-order valence-corrected chi connectivity index (χ0v) is 9.01. The maximum Gasteiger partial charge on any atom is 0.336 e. The van der Waals surface area contributed by atoms with E-state index in [1.165, 1.54) is 19.1 Å². The van der Waals surface area contributed by atoms with Crippen molar-refractivity contribution < 1.29 is 19.1 Å². The predicted octanol–water partition coefficient (Wildman–Crippen LogP) is 0.310. The Kier molecular flexibility index (Phi) is 2.82. The smallest absolute Gasteiger partial charge is 0.336 e. The molecule has 1 aromatic heterocycles. The first-order valence-corrected chi connectivity index (χ1v) is 4.98. The molecule has 0 aliphatic carbocycles. The van der Waals surface area contributed by atoms with Gasteiger partial charge >= 0.3 is 5.63 Å². The van der Waals surface area contributed by atoms with Crippen molar-refractivity contribution in [2.24, 2.45) is 0 Å². The summed E-state index contributed by atoms with van der Waals surface area (Å²) in [5.41, 5.74) is -0.122. The second-order valence-corrected chi connectivity index (χ2v) is 3.53. The monoisotopic (exact) mass is 233 g/mol. The van der Waals surface area contributed by atoms with Crippen LogP contribution in [-0.4, -0.2) is 12.1 Å². The summed E-state index contributed by atoms with van der Waals surface area (Å²) in [6.45, 7) is 1.36. The molecule has 2 aromatic rings. The SMILES string of the molecule is CC(Oc1ccc2ccc(=O)oc2c1)C(=O)[O-]. The van der Waals surface area contributed by atoms with Crippen LogP contribution in [0.1, 0.15) is 6.92 Å². The normalized spacial score (nSPS) is 12.3. The molecular formula is C12H9O5-. The minimum atomic E-state index is -1.31. The molecular weight excluding hydrogens is 224 g/mol. The predicted molar refractivity (Wildman–Crippen MR) is 57.6 cm³/mol. The summed E-state index contributed by atoms with van der Waals surface area (Å²) >= 11 is 0. The Hall–Kier alpha value is -2.30. The summed E-state index contributed by atoms with van der Waals surface area (Å²) in [5.74, 6) is -0.997. The molecule has 1 unspecified atom stereocenters. The Bertz CT molecular complexity index is 614. The number of aliphatic carboxylic acids is 1. The number of rotatable bonds is 3. The molecule has 1 heterocycles. The van der Waals surface area contributed by atoms with Crippen molar-refractivity contribution >= 4 is 16.9 Å². The number of hydrogen-bond donors (Lipinski definition) is 0. The molecule has 0 amide bonds. The van der Waals surface area contributed by atoms with Crippen molar-refractivity contribution in [1.82, 2.24) is 0 Å². The number of carboxylic acid groups (broad SMARTS) is 1. The average Bonchev–Trinajstić information content (AvgIpc) is 2.28. The molecule has 88 valence electrons. The van der Waals surface area contributed by atoms with Crippen molar-refractivity contribution in [2.75, 3.05) is 0 Å². The molecule has 17 heavy (non-hydrogen) atoms. The van der Waals surface area contributed by atoms with Gasteiger partial charge < -0.3 is 19.1 Å². The van der Waals surface area contributed by atoms with E-state index < -0.39 is 17.7 Å². The molecule has 1 aromatic carbocycles. The van der Waals surface area contributed by atoms with Crippen LogP contribution < -0.4 is 15.5 Å². The van der Waals surface area contributed by atoms with Gasteiger partial charge in [-0.25, -0.2) is 4.79 Å². The lowest BCUT2D eigenvalue weighted by Gasteiger charge is -2.15. The van der Waals surface area contributed by atoms with Crippen LogP contribution in [0.4, 0.5) is 0 Å². The molecule has 0 saturated carbocycles. The lowest BCUT2D eigenvalue weighted by atomic mass is 10.2. The largest absolute Gasteiger partial charge is 0.546 e. The highest BCUT2D eigenvalue weighted by Gasteiger charge is 2.06. The molecule has 0 radical (unpaired) electrons. The minimum Gasteiger partial charge on any atom is -0.546 e. The van der Waals surface area contributed by atoms with E-state index >= 15 is 0 Å². The third-order valence-corrected chi connectivity index (χ3v) is 2.24. The second kappa shape index (κ2) is 4.29. The van der Waals surface area contributed by atoms with Gasteiger partial charge in [-0.1, -0.05) is 0 Å². The van der Waals surface area contributed by atoms with Crippen LogP contribution in [0, 0.1) is 0 Å². The Labute approximate surface area is 96.2 Å². The van der Waals surface area contributed by atoms with Gasteiger partial charge in [0, 0.05) is 17.5 Å². The van der Waals surface area contributed by atoms with Gasteiger partial charge in [-0.15, -0.1) is 0 Å². The molecule has 0 saturated heterocycles. The van der Waals surface area contributed by atoms with Crippen molar-refractivity contribution in [1.29, 1.82) is 0 Å². The summed E-state index contributed by atoms with van der Waals surface area (Å²) in [4.78, 5) is 21.5. The van der Waals surface area contributed by atoms with Crippen LogP contribution in [0.15, 0.2) is 39.5 Å². The van der Waals surface area contributed by atoms with Gasteiger partial charge in [-0.05, 0) is 25.1 Å². The maximum absolute atomic E-state index is 11.0.